The van der Waals surface area contributed by atoms with Crippen molar-refractivity contribution in [3.05, 3.63) is 176 Å². The first-order chi connectivity index (χ1) is 27.0. The molecule has 0 aliphatic heterocycles. The van der Waals surface area contributed by atoms with Gasteiger partial charge in [-0.05, 0) is 101 Å². The minimum absolute atomic E-state index is 0.120. The lowest BCUT2D eigenvalue weighted by Crippen LogP contribution is -2.14. The third kappa shape index (κ3) is 8.26. The molecule has 56 heavy (non-hydrogen) atoms. The van der Waals surface area contributed by atoms with Crippen LogP contribution in [0.4, 0.5) is 11.4 Å². The van der Waals surface area contributed by atoms with Crippen molar-refractivity contribution in [2.24, 2.45) is 0 Å². The average molecular weight is 784 g/mol. The summed E-state index contributed by atoms with van der Waals surface area (Å²) in [6, 6.07) is 37.6. The second kappa shape index (κ2) is 16.0. The molecule has 0 spiro atoms. The number of carbonyl (C=O) groups is 2. The number of benzene rings is 6. The molecular weight excluding hydrogens is 755 g/mol. The molecule has 8 rings (SSSR count). The van der Waals surface area contributed by atoms with Crippen LogP contribution < -0.4 is 21.8 Å². The first-order valence-electron chi connectivity index (χ1n) is 16.8. The van der Waals surface area contributed by atoms with Crippen LogP contribution in [0.25, 0.3) is 43.8 Å². The fourth-order valence-corrected chi connectivity index (χ4v) is 6.28. The van der Waals surface area contributed by atoms with Gasteiger partial charge in [0.1, 0.15) is 11.5 Å². The SMILES string of the molecule is O=C(Nc1cccc(-c2cccc(O)c2)c1)c1ccc2c(=O)[nH]nc(Cl)c2c1.O=C(Nc1cccc(-c2cccc(O)c2)c1)c1ccc2c(Cl)n[nH]c(=O)c2c1. The highest BCUT2D eigenvalue weighted by Crippen LogP contribution is 2.28. The zero-order valence-electron chi connectivity index (χ0n) is 28.9. The molecule has 6 aromatic carbocycles. The van der Waals surface area contributed by atoms with Crippen LogP contribution in [-0.4, -0.2) is 42.4 Å². The van der Waals surface area contributed by atoms with E-state index in [1.54, 1.807) is 78.9 Å². The molecule has 0 radical (unpaired) electrons. The highest BCUT2D eigenvalue weighted by Gasteiger charge is 2.13. The number of halogens is 2. The first-order valence-corrected chi connectivity index (χ1v) is 17.6. The Labute approximate surface area is 327 Å². The van der Waals surface area contributed by atoms with Crippen molar-refractivity contribution in [1.29, 1.82) is 0 Å². The zero-order valence-corrected chi connectivity index (χ0v) is 30.4. The summed E-state index contributed by atoms with van der Waals surface area (Å²) >= 11 is 12.0. The van der Waals surface area contributed by atoms with E-state index >= 15 is 0 Å². The summed E-state index contributed by atoms with van der Waals surface area (Å²) < 4.78 is 0. The number of nitrogens with one attached hydrogen (secondary N) is 4. The van der Waals surface area contributed by atoms with Crippen LogP contribution in [0.1, 0.15) is 20.7 Å². The van der Waals surface area contributed by atoms with Crippen LogP contribution in [0.5, 0.6) is 11.5 Å². The molecule has 276 valence electrons. The number of rotatable bonds is 6. The van der Waals surface area contributed by atoms with Crippen molar-refractivity contribution < 1.29 is 19.8 Å². The van der Waals surface area contributed by atoms with Crippen molar-refractivity contribution in [3.63, 3.8) is 0 Å². The predicted octanol–water partition coefficient (Wildman–Crippen LogP) is 8.40. The van der Waals surface area contributed by atoms with Gasteiger partial charge in [-0.1, -0.05) is 77.8 Å². The van der Waals surface area contributed by atoms with Gasteiger partial charge in [0, 0.05) is 33.3 Å². The van der Waals surface area contributed by atoms with Crippen LogP contribution in [0.2, 0.25) is 10.3 Å². The molecule has 2 amide bonds. The van der Waals surface area contributed by atoms with Crippen molar-refractivity contribution >= 4 is 67.9 Å². The Morgan fingerprint density at radius 2 is 0.893 bits per heavy atom. The van der Waals surface area contributed by atoms with E-state index < -0.39 is 5.56 Å². The number of phenolic OH excluding ortho intramolecular Hbond substituents is 2. The van der Waals surface area contributed by atoms with E-state index in [1.165, 1.54) is 12.1 Å². The number of anilines is 2. The number of carbonyl (C=O) groups excluding carboxylic acids is 2. The quantitative estimate of drug-likeness (QED) is 0.0969. The molecule has 0 atom stereocenters. The largest absolute Gasteiger partial charge is 0.508 e. The fourth-order valence-electron chi connectivity index (χ4n) is 5.88. The van der Waals surface area contributed by atoms with Gasteiger partial charge < -0.3 is 20.8 Å². The van der Waals surface area contributed by atoms with E-state index in [4.69, 9.17) is 23.2 Å². The van der Waals surface area contributed by atoms with Gasteiger partial charge in [0.15, 0.2) is 10.3 Å². The standard InChI is InChI=1S/2C21H14ClN3O3/c22-19-18-11-14(7-8-17(18)21(28)25-24-19)20(27)23-15-5-1-3-12(9-15)13-4-2-6-16(26)10-13;22-19-17-8-7-14(11-18(17)21(28)25-24-19)20(27)23-15-5-1-3-12(9-15)13-4-2-6-16(26)10-13/h2*1-11,26H,(H,23,27)(H,25,28). The van der Waals surface area contributed by atoms with E-state index in [-0.39, 0.29) is 39.2 Å². The van der Waals surface area contributed by atoms with E-state index in [1.807, 2.05) is 42.5 Å². The summed E-state index contributed by atoms with van der Waals surface area (Å²) in [5, 5.41) is 38.8. The molecule has 0 saturated heterocycles. The van der Waals surface area contributed by atoms with Crippen LogP contribution in [-0.2, 0) is 0 Å². The summed E-state index contributed by atoms with van der Waals surface area (Å²) in [6.45, 7) is 0. The lowest BCUT2D eigenvalue weighted by Gasteiger charge is -2.09. The Kier molecular flexibility index (Phi) is 10.6. The highest BCUT2D eigenvalue weighted by atomic mass is 35.5. The third-order valence-corrected chi connectivity index (χ3v) is 9.18. The number of amides is 2. The maximum atomic E-state index is 12.7. The number of phenols is 2. The maximum Gasteiger partial charge on any atom is 0.272 e. The molecule has 2 heterocycles. The van der Waals surface area contributed by atoms with E-state index in [9.17, 15) is 29.4 Å². The monoisotopic (exact) mass is 782 g/mol. The molecule has 12 nitrogen and oxygen atoms in total. The lowest BCUT2D eigenvalue weighted by molar-refractivity contribution is 0.101. The molecule has 8 aromatic rings. The molecule has 14 heteroatoms. The Morgan fingerprint density at radius 3 is 1.39 bits per heavy atom. The number of aromatic nitrogens is 4. The smallest absolute Gasteiger partial charge is 0.272 e. The lowest BCUT2D eigenvalue weighted by atomic mass is 10.0. The molecule has 6 N–H and O–H groups in total. The first kappa shape index (κ1) is 37.1. The van der Waals surface area contributed by atoms with Gasteiger partial charge in [-0.15, -0.1) is 0 Å². The van der Waals surface area contributed by atoms with E-state index in [0.29, 0.717) is 44.0 Å². The van der Waals surface area contributed by atoms with Crippen LogP contribution >= 0.6 is 23.2 Å². The minimum atomic E-state index is -0.417. The van der Waals surface area contributed by atoms with Gasteiger partial charge >= 0.3 is 0 Å². The normalized spacial score (nSPS) is 10.8. The van der Waals surface area contributed by atoms with Crippen LogP contribution in [0, 0.1) is 0 Å². The summed E-state index contributed by atoms with van der Waals surface area (Å²) in [5.74, 6) is -0.362. The third-order valence-electron chi connectivity index (χ3n) is 8.61. The maximum absolute atomic E-state index is 12.7. The minimum Gasteiger partial charge on any atom is -0.508 e. The molecular formula is C42H28Cl2N6O6. The molecule has 0 unspecified atom stereocenters. The van der Waals surface area contributed by atoms with Gasteiger partial charge in [-0.25, -0.2) is 10.2 Å². The highest BCUT2D eigenvalue weighted by molar-refractivity contribution is 6.34. The number of fused-ring (bicyclic) bond motifs is 2. The van der Waals surface area contributed by atoms with Crippen LogP contribution in [0.15, 0.2) is 143 Å². The number of H-pyrrole nitrogens is 2. The second-order valence-electron chi connectivity index (χ2n) is 12.4. The topological polar surface area (TPSA) is 190 Å². The van der Waals surface area contributed by atoms with Crippen molar-refractivity contribution in [1.82, 2.24) is 20.4 Å². The number of aromatic hydroxyl groups is 2. The summed E-state index contributed by atoms with van der Waals surface area (Å²) in [7, 11) is 0. The Morgan fingerprint density at radius 1 is 0.482 bits per heavy atom. The molecule has 0 aliphatic rings. The average Bonchev–Trinajstić information content (AvgIpc) is 3.21. The van der Waals surface area contributed by atoms with Crippen molar-refractivity contribution in [2.45, 2.75) is 0 Å². The molecule has 0 bridgehead atoms. The second-order valence-corrected chi connectivity index (χ2v) is 13.1. The van der Waals surface area contributed by atoms with E-state index in [0.717, 1.165) is 22.3 Å². The molecule has 2 aromatic heterocycles. The fraction of sp³-hybridized carbons (Fsp3) is 0. The van der Waals surface area contributed by atoms with Crippen LogP contribution in [0.3, 0.4) is 0 Å². The van der Waals surface area contributed by atoms with Crippen molar-refractivity contribution in [2.75, 3.05) is 10.6 Å². The molecule has 0 aliphatic carbocycles. The van der Waals surface area contributed by atoms with Gasteiger partial charge in [0.25, 0.3) is 22.9 Å². The molecule has 0 saturated carbocycles. The Hall–Kier alpha value is -7.28. The Balaban J connectivity index is 0.000000172. The van der Waals surface area contributed by atoms with Gasteiger partial charge in [-0.3, -0.25) is 19.2 Å². The number of hydrogen-bond donors (Lipinski definition) is 6. The summed E-state index contributed by atoms with van der Waals surface area (Å²) in [5.41, 5.74) is 4.44. The summed E-state index contributed by atoms with van der Waals surface area (Å²) in [4.78, 5) is 49.1. The van der Waals surface area contributed by atoms with Gasteiger partial charge in [0.05, 0.1) is 10.8 Å². The Bertz CT molecular complexity index is 2930. The number of nitrogens with zero attached hydrogens (tertiary/aromatic N) is 2. The van der Waals surface area contributed by atoms with Crippen molar-refractivity contribution in [3.8, 4) is 33.8 Å². The van der Waals surface area contributed by atoms with Gasteiger partial charge in [0.2, 0.25) is 0 Å². The summed E-state index contributed by atoms with van der Waals surface area (Å²) in [6.07, 6.45) is 0. The molecule has 0 fully saturated rings. The predicted molar refractivity (Wildman–Crippen MR) is 218 cm³/mol. The number of aromatic amines is 2. The van der Waals surface area contributed by atoms with Gasteiger partial charge in [-0.2, -0.15) is 10.2 Å². The van der Waals surface area contributed by atoms with E-state index in [2.05, 4.69) is 31.0 Å². The number of hydrogen-bond acceptors (Lipinski definition) is 8. The zero-order chi connectivity index (χ0) is 39.3.